The Hall–Kier alpha value is -7.29. The van der Waals surface area contributed by atoms with Gasteiger partial charge in [0.25, 0.3) is 0 Å². The first-order chi connectivity index (χ1) is 33.4. The molecule has 13 heteroatoms. The molecule has 2 saturated carbocycles. The second kappa shape index (κ2) is 15.9. The first-order valence-electron chi connectivity index (χ1n) is 23.0. The van der Waals surface area contributed by atoms with Gasteiger partial charge in [-0.1, -0.05) is 37.1 Å². The molecule has 2 atom stereocenters. The van der Waals surface area contributed by atoms with E-state index in [4.69, 9.17) is 9.47 Å². The lowest BCUT2D eigenvalue weighted by Gasteiger charge is -2.48. The van der Waals surface area contributed by atoms with E-state index in [1.54, 1.807) is 17.4 Å². The lowest BCUT2D eigenvalue weighted by Crippen LogP contribution is -2.45. The third-order valence-corrected chi connectivity index (χ3v) is 17.2. The quantitative estimate of drug-likeness (QED) is 0.111. The van der Waals surface area contributed by atoms with E-state index < -0.39 is 40.3 Å². The van der Waals surface area contributed by atoms with Crippen LogP contribution in [0.2, 0.25) is 0 Å². The monoisotopic (exact) mass is 952 g/mol. The minimum Gasteiger partial charge on any atom is -0.481 e. The highest BCUT2D eigenvalue weighted by Crippen LogP contribution is 2.60. The number of allylic oxidation sites excluding steroid dienone is 10. The first-order valence-corrected chi connectivity index (χ1v) is 24.7. The maximum Gasteiger partial charge on any atom is 0.194 e. The number of nitrogens with zero attached hydrogens (tertiary/aromatic N) is 4. The van der Waals surface area contributed by atoms with Gasteiger partial charge in [-0.15, -0.1) is 22.7 Å². The number of benzene rings is 2. The summed E-state index contributed by atoms with van der Waals surface area (Å²) in [7, 11) is 0. The summed E-state index contributed by atoms with van der Waals surface area (Å²) < 4.78 is 72.3. The van der Waals surface area contributed by atoms with E-state index in [0.29, 0.717) is 32.9 Å². The van der Waals surface area contributed by atoms with E-state index in [2.05, 4.69) is 24.3 Å². The molecule has 69 heavy (non-hydrogen) atoms. The van der Waals surface area contributed by atoms with Crippen molar-refractivity contribution in [2.24, 2.45) is 11.8 Å². The highest BCUT2D eigenvalue weighted by Gasteiger charge is 2.50. The fraction of sp³-hybridized carbons (Fsp3) is 0.268. The van der Waals surface area contributed by atoms with Gasteiger partial charge in [0, 0.05) is 55.0 Å². The molecule has 2 aromatic heterocycles. The summed E-state index contributed by atoms with van der Waals surface area (Å²) in [6.07, 6.45) is 22.6. The van der Waals surface area contributed by atoms with Crippen LogP contribution in [0.3, 0.4) is 0 Å². The maximum absolute atomic E-state index is 14.6. The number of hydrogen-bond donors (Lipinski definition) is 0. The molecule has 6 aliphatic carbocycles. The average Bonchev–Trinajstić information content (AvgIpc) is 4.10. The fourth-order valence-corrected chi connectivity index (χ4v) is 14.2. The molecular weight excluding hydrogens is 917 g/mol. The van der Waals surface area contributed by atoms with Crippen molar-refractivity contribution < 1.29 is 31.8 Å². The SMILES string of the molecule is N#CC(C#N)=C1/C(=C/c2cc3c(s2)C2=CC4C=C5C(=CC4C=C2C2(CCCCC2)O3)c2sc(/C=C3\C(=O)c4cc(F)c(F)cc4C3=C(C#N)C#N)cc2OC52CCCCC2)Cc2cc(F)c(F)cc21. The van der Waals surface area contributed by atoms with Crippen molar-refractivity contribution in [1.29, 1.82) is 21.0 Å². The van der Waals surface area contributed by atoms with Crippen molar-refractivity contribution >= 4 is 62.9 Å². The molecule has 7 nitrogen and oxygen atoms in total. The summed E-state index contributed by atoms with van der Waals surface area (Å²) in [5.74, 6) is -3.66. The van der Waals surface area contributed by atoms with Crippen LogP contribution in [0, 0.1) is 80.4 Å². The van der Waals surface area contributed by atoms with Crippen LogP contribution < -0.4 is 9.47 Å². The standard InChI is InChI=1S/C56H36F4N4O3S2/c57-44-17-30-11-31(50(32(24-61)25-62)36(30)21-45(44)58)12-34-19-48-53(68-34)39-13-28-16-43-40(14-29(28)15-42(39)55(66-48)7-3-1-4-8-55)54-49(67-56(43)9-5-2-6-10-56)20-35(69-54)18-41-51(33(26-63)27-64)37-22-46(59)47(60)23-38(37)52(41)65/h12-23,28-29H,1-11H2/b31-12+,41-18-. The number of thiophene rings is 2. The van der Waals surface area contributed by atoms with Crippen molar-refractivity contribution in [2.45, 2.75) is 81.8 Å². The third kappa shape index (κ3) is 6.55. The van der Waals surface area contributed by atoms with Gasteiger partial charge in [-0.2, -0.15) is 21.0 Å². The van der Waals surface area contributed by atoms with Gasteiger partial charge in [0.15, 0.2) is 29.1 Å². The van der Waals surface area contributed by atoms with Crippen LogP contribution in [0.5, 0.6) is 11.5 Å². The number of nitriles is 4. The Balaban J connectivity index is 0.962. The molecule has 2 aromatic carbocycles. The second-order valence-electron chi connectivity index (χ2n) is 18.9. The summed E-state index contributed by atoms with van der Waals surface area (Å²) in [5, 5.41) is 39.7. The van der Waals surface area contributed by atoms with Crippen LogP contribution in [-0.2, 0) is 6.42 Å². The van der Waals surface area contributed by atoms with Crippen LogP contribution in [0.4, 0.5) is 17.6 Å². The van der Waals surface area contributed by atoms with E-state index in [9.17, 15) is 43.4 Å². The molecule has 2 aliphatic heterocycles. The van der Waals surface area contributed by atoms with Crippen LogP contribution >= 0.6 is 22.7 Å². The molecule has 0 amide bonds. The number of fused-ring (bicyclic) bond motifs is 11. The summed E-state index contributed by atoms with van der Waals surface area (Å²) in [6.45, 7) is 0. The average molecular weight is 953 g/mol. The smallest absolute Gasteiger partial charge is 0.194 e. The van der Waals surface area contributed by atoms with Crippen molar-refractivity contribution in [3.63, 3.8) is 0 Å². The predicted molar refractivity (Wildman–Crippen MR) is 254 cm³/mol. The molecule has 338 valence electrons. The van der Waals surface area contributed by atoms with E-state index in [-0.39, 0.29) is 51.7 Å². The van der Waals surface area contributed by atoms with Gasteiger partial charge in [0.2, 0.25) is 0 Å². The van der Waals surface area contributed by atoms with E-state index in [1.165, 1.54) is 11.3 Å². The van der Waals surface area contributed by atoms with E-state index in [0.717, 1.165) is 131 Å². The largest absolute Gasteiger partial charge is 0.481 e. The van der Waals surface area contributed by atoms with Crippen molar-refractivity contribution in [3.8, 4) is 35.8 Å². The minimum absolute atomic E-state index is 0.00262. The number of ketones is 1. The van der Waals surface area contributed by atoms with Gasteiger partial charge in [0.05, 0.1) is 9.75 Å². The summed E-state index contributed by atoms with van der Waals surface area (Å²) in [5.41, 5.74) is 4.41. The zero-order valence-corrected chi connectivity index (χ0v) is 38.3. The lowest BCUT2D eigenvalue weighted by molar-refractivity contribution is 0.0636. The number of ether oxygens (including phenoxy) is 2. The normalized spacial score (nSPS) is 22.9. The van der Waals surface area contributed by atoms with Gasteiger partial charge in [0.1, 0.15) is 58.1 Å². The lowest BCUT2D eigenvalue weighted by atomic mass is 9.65. The third-order valence-electron chi connectivity index (χ3n) is 15.1. The Morgan fingerprint density at radius 2 is 1.04 bits per heavy atom. The van der Waals surface area contributed by atoms with Gasteiger partial charge < -0.3 is 9.47 Å². The molecule has 4 heterocycles. The Kier molecular flexibility index (Phi) is 9.91. The van der Waals surface area contributed by atoms with Crippen molar-refractivity contribution in [3.05, 3.63) is 159 Å². The predicted octanol–water partition coefficient (Wildman–Crippen LogP) is 13.7. The minimum atomic E-state index is -1.20. The molecule has 2 unspecified atom stereocenters. The molecular formula is C56H36F4N4O3S2. The van der Waals surface area contributed by atoms with Crippen LogP contribution in [0.15, 0.2) is 94.1 Å². The Labute approximate surface area is 402 Å². The molecule has 0 bridgehead atoms. The zero-order valence-electron chi connectivity index (χ0n) is 36.7. The van der Waals surface area contributed by atoms with E-state index in [1.807, 2.05) is 42.5 Å². The fourth-order valence-electron chi connectivity index (χ4n) is 12.0. The molecule has 0 radical (unpaired) electrons. The van der Waals surface area contributed by atoms with Crippen LogP contribution in [0.1, 0.15) is 111 Å². The summed E-state index contributed by atoms with van der Waals surface area (Å²) in [4.78, 5) is 17.2. The molecule has 2 fully saturated rings. The van der Waals surface area contributed by atoms with Gasteiger partial charge in [-0.05, 0) is 140 Å². The topological polar surface area (TPSA) is 131 Å². The number of hydrogen-bond acceptors (Lipinski definition) is 9. The number of Topliss-reactive ketones (excluding diaryl/α,β-unsaturated/α-hetero) is 1. The molecule has 12 rings (SSSR count). The van der Waals surface area contributed by atoms with Crippen molar-refractivity contribution in [1.82, 2.24) is 0 Å². The molecule has 0 saturated heterocycles. The van der Waals surface area contributed by atoms with Crippen molar-refractivity contribution in [2.75, 3.05) is 0 Å². The Morgan fingerprint density at radius 3 is 1.57 bits per heavy atom. The first kappa shape index (κ1) is 43.0. The molecule has 0 N–H and O–H groups in total. The van der Waals surface area contributed by atoms with Gasteiger partial charge in [-0.3, -0.25) is 4.79 Å². The highest BCUT2D eigenvalue weighted by atomic mass is 32.1. The van der Waals surface area contributed by atoms with Crippen LogP contribution in [0.25, 0.3) is 34.4 Å². The number of halogens is 4. The van der Waals surface area contributed by atoms with Gasteiger partial charge in [-0.25, -0.2) is 17.6 Å². The zero-order chi connectivity index (χ0) is 47.5. The number of carbonyl (C=O) groups excluding carboxylic acids is 1. The maximum atomic E-state index is 14.6. The highest BCUT2D eigenvalue weighted by molar-refractivity contribution is 7.15. The van der Waals surface area contributed by atoms with Crippen LogP contribution in [-0.4, -0.2) is 17.0 Å². The number of carbonyl (C=O) groups is 1. The molecule has 2 spiro atoms. The Bertz CT molecular complexity index is 3480. The molecule has 8 aliphatic rings. The second-order valence-corrected chi connectivity index (χ2v) is 21.1. The Morgan fingerprint density at radius 1 is 0.580 bits per heavy atom. The number of rotatable bonds is 2. The summed E-state index contributed by atoms with van der Waals surface area (Å²) >= 11 is 2.97. The van der Waals surface area contributed by atoms with E-state index >= 15 is 0 Å². The summed E-state index contributed by atoms with van der Waals surface area (Å²) in [6, 6.07) is 15.4. The van der Waals surface area contributed by atoms with Gasteiger partial charge >= 0.3 is 0 Å². The molecule has 4 aromatic rings.